The van der Waals surface area contributed by atoms with Gasteiger partial charge in [0.2, 0.25) is 0 Å². The van der Waals surface area contributed by atoms with Gasteiger partial charge in [0.25, 0.3) is 5.91 Å². The third kappa shape index (κ3) is 5.39. The lowest BCUT2D eigenvalue weighted by Gasteiger charge is -2.18. The fourth-order valence-corrected chi connectivity index (χ4v) is 3.58. The Bertz CT molecular complexity index is 1160. The summed E-state index contributed by atoms with van der Waals surface area (Å²) >= 11 is 0. The molecule has 4 rings (SSSR count). The standard InChI is InChI=1S/C26H23NO4/c28-25(18-30-22-13-11-21-12-14-26(29)31-24(21)17-22)27-16-15-23(19-7-3-1-4-8-19)20-9-5-2-6-10-20/h1-14,17,23H,15-16,18H2,(H,27,28). The van der Waals surface area contributed by atoms with Gasteiger partial charge in [-0.25, -0.2) is 4.79 Å². The van der Waals surface area contributed by atoms with Crippen molar-refractivity contribution in [2.24, 2.45) is 0 Å². The lowest BCUT2D eigenvalue weighted by molar-refractivity contribution is -0.123. The average molecular weight is 413 g/mol. The molecule has 5 heteroatoms. The van der Waals surface area contributed by atoms with Crippen LogP contribution in [0.1, 0.15) is 23.5 Å². The Morgan fingerprint density at radius 3 is 2.19 bits per heavy atom. The molecule has 4 aromatic rings. The summed E-state index contributed by atoms with van der Waals surface area (Å²) in [6, 6.07) is 28.8. The molecule has 31 heavy (non-hydrogen) atoms. The Balaban J connectivity index is 1.33. The number of nitrogens with one attached hydrogen (secondary N) is 1. The van der Waals surface area contributed by atoms with Crippen LogP contribution in [-0.4, -0.2) is 19.1 Å². The van der Waals surface area contributed by atoms with Gasteiger partial charge < -0.3 is 14.5 Å². The minimum Gasteiger partial charge on any atom is -0.484 e. The summed E-state index contributed by atoms with van der Waals surface area (Å²) in [6.45, 7) is 0.424. The first kappa shape index (κ1) is 20.4. The number of benzene rings is 3. The van der Waals surface area contributed by atoms with Crippen LogP contribution >= 0.6 is 0 Å². The van der Waals surface area contributed by atoms with Crippen molar-refractivity contribution in [1.29, 1.82) is 0 Å². The van der Waals surface area contributed by atoms with Gasteiger partial charge in [0.1, 0.15) is 11.3 Å². The number of hydrogen-bond acceptors (Lipinski definition) is 4. The molecule has 0 radical (unpaired) electrons. The summed E-state index contributed by atoms with van der Waals surface area (Å²) in [7, 11) is 0. The zero-order chi connectivity index (χ0) is 21.5. The molecule has 0 aliphatic rings. The van der Waals surface area contributed by atoms with Gasteiger partial charge in [0, 0.05) is 30.0 Å². The normalized spacial score (nSPS) is 10.9. The first-order valence-electron chi connectivity index (χ1n) is 10.2. The molecular weight excluding hydrogens is 390 g/mol. The van der Waals surface area contributed by atoms with Crippen LogP contribution < -0.4 is 15.7 Å². The number of carbonyl (C=O) groups excluding carboxylic acids is 1. The molecule has 1 amide bonds. The van der Waals surface area contributed by atoms with Gasteiger partial charge in [-0.3, -0.25) is 4.79 Å². The van der Waals surface area contributed by atoms with Crippen LogP contribution in [0.15, 0.2) is 100 Å². The van der Waals surface area contributed by atoms with E-state index in [0.717, 1.165) is 11.8 Å². The van der Waals surface area contributed by atoms with Crippen molar-refractivity contribution >= 4 is 16.9 Å². The monoisotopic (exact) mass is 413 g/mol. The van der Waals surface area contributed by atoms with Gasteiger partial charge in [-0.15, -0.1) is 0 Å². The average Bonchev–Trinajstić information content (AvgIpc) is 2.81. The molecule has 0 saturated heterocycles. The third-order valence-electron chi connectivity index (χ3n) is 5.12. The molecule has 0 bridgehead atoms. The van der Waals surface area contributed by atoms with Crippen molar-refractivity contribution in [3.63, 3.8) is 0 Å². The van der Waals surface area contributed by atoms with Crippen molar-refractivity contribution in [2.45, 2.75) is 12.3 Å². The summed E-state index contributed by atoms with van der Waals surface area (Å²) < 4.78 is 10.7. The van der Waals surface area contributed by atoms with Crippen molar-refractivity contribution < 1.29 is 13.9 Å². The first-order chi connectivity index (χ1) is 15.2. The lowest BCUT2D eigenvalue weighted by Crippen LogP contribution is -2.30. The number of amides is 1. The van der Waals surface area contributed by atoms with Crippen LogP contribution in [0.4, 0.5) is 0 Å². The fourth-order valence-electron chi connectivity index (χ4n) is 3.58. The second-order valence-electron chi connectivity index (χ2n) is 7.26. The van der Waals surface area contributed by atoms with Gasteiger partial charge in [-0.2, -0.15) is 0 Å². The van der Waals surface area contributed by atoms with Gasteiger partial charge in [-0.1, -0.05) is 60.7 Å². The highest BCUT2D eigenvalue weighted by Gasteiger charge is 2.14. The highest BCUT2D eigenvalue weighted by Crippen LogP contribution is 2.27. The fraction of sp³-hybridized carbons (Fsp3) is 0.154. The minimum atomic E-state index is -0.422. The van der Waals surface area contributed by atoms with Crippen LogP contribution in [-0.2, 0) is 4.79 Å². The van der Waals surface area contributed by atoms with E-state index in [1.165, 1.54) is 17.2 Å². The summed E-state index contributed by atoms with van der Waals surface area (Å²) in [5.74, 6) is 0.477. The highest BCUT2D eigenvalue weighted by molar-refractivity contribution is 5.79. The summed E-state index contributed by atoms with van der Waals surface area (Å²) in [6.07, 6.45) is 0.779. The molecule has 0 spiro atoms. The second kappa shape index (κ2) is 9.76. The van der Waals surface area contributed by atoms with Crippen LogP contribution in [0.3, 0.4) is 0 Å². The van der Waals surface area contributed by atoms with E-state index in [-0.39, 0.29) is 18.4 Å². The Morgan fingerprint density at radius 1 is 0.871 bits per heavy atom. The molecule has 1 heterocycles. The molecule has 0 unspecified atom stereocenters. The number of hydrogen-bond donors (Lipinski definition) is 1. The summed E-state index contributed by atoms with van der Waals surface area (Å²) in [5, 5.41) is 3.73. The maximum Gasteiger partial charge on any atom is 0.336 e. The minimum absolute atomic E-state index is 0.107. The van der Waals surface area contributed by atoms with Crippen LogP contribution in [0.5, 0.6) is 5.75 Å². The van der Waals surface area contributed by atoms with Gasteiger partial charge >= 0.3 is 5.63 Å². The van der Waals surface area contributed by atoms with E-state index in [1.807, 2.05) is 36.4 Å². The zero-order valence-electron chi connectivity index (χ0n) is 17.0. The number of rotatable bonds is 8. The summed E-state index contributed by atoms with van der Waals surface area (Å²) in [5.41, 5.74) is 2.45. The summed E-state index contributed by atoms with van der Waals surface area (Å²) in [4.78, 5) is 23.6. The number of ether oxygens (including phenoxy) is 1. The van der Waals surface area contributed by atoms with E-state index < -0.39 is 5.63 Å². The zero-order valence-corrected chi connectivity index (χ0v) is 17.0. The van der Waals surface area contributed by atoms with Gasteiger partial charge in [-0.05, 0) is 35.7 Å². The van der Waals surface area contributed by atoms with E-state index in [9.17, 15) is 9.59 Å². The molecule has 5 nitrogen and oxygen atoms in total. The second-order valence-corrected chi connectivity index (χ2v) is 7.26. The third-order valence-corrected chi connectivity index (χ3v) is 5.12. The Kier molecular flexibility index (Phi) is 6.43. The number of carbonyl (C=O) groups is 1. The molecule has 0 fully saturated rings. The molecule has 1 N–H and O–H groups in total. The quantitative estimate of drug-likeness (QED) is 0.432. The van der Waals surface area contributed by atoms with Crippen LogP contribution in [0, 0.1) is 0 Å². The molecule has 0 atom stereocenters. The molecule has 3 aromatic carbocycles. The van der Waals surface area contributed by atoms with E-state index in [4.69, 9.17) is 9.15 Å². The largest absolute Gasteiger partial charge is 0.484 e. The maximum absolute atomic E-state index is 12.3. The van der Waals surface area contributed by atoms with E-state index in [1.54, 1.807) is 24.3 Å². The molecule has 0 saturated carbocycles. The highest BCUT2D eigenvalue weighted by atomic mass is 16.5. The van der Waals surface area contributed by atoms with E-state index in [0.29, 0.717) is 17.9 Å². The van der Waals surface area contributed by atoms with Crippen molar-refractivity contribution in [2.75, 3.05) is 13.2 Å². The van der Waals surface area contributed by atoms with Gasteiger partial charge in [0.05, 0.1) is 0 Å². The van der Waals surface area contributed by atoms with Crippen molar-refractivity contribution in [3.05, 3.63) is 113 Å². The molecule has 0 aliphatic carbocycles. The van der Waals surface area contributed by atoms with Crippen LogP contribution in [0.2, 0.25) is 0 Å². The molecule has 0 aliphatic heterocycles. The molecule has 156 valence electrons. The number of fused-ring (bicyclic) bond motifs is 1. The predicted molar refractivity (Wildman–Crippen MR) is 120 cm³/mol. The molecule has 1 aromatic heterocycles. The smallest absolute Gasteiger partial charge is 0.336 e. The topological polar surface area (TPSA) is 68.5 Å². The van der Waals surface area contributed by atoms with Crippen molar-refractivity contribution in [3.8, 4) is 5.75 Å². The van der Waals surface area contributed by atoms with E-state index in [2.05, 4.69) is 29.6 Å². The van der Waals surface area contributed by atoms with Crippen LogP contribution in [0.25, 0.3) is 11.0 Å². The predicted octanol–water partition coefficient (Wildman–Crippen LogP) is 4.51. The Hall–Kier alpha value is -3.86. The van der Waals surface area contributed by atoms with Gasteiger partial charge in [0.15, 0.2) is 6.61 Å². The lowest BCUT2D eigenvalue weighted by atomic mass is 9.88. The van der Waals surface area contributed by atoms with E-state index >= 15 is 0 Å². The first-order valence-corrected chi connectivity index (χ1v) is 10.2. The van der Waals surface area contributed by atoms with Crippen molar-refractivity contribution in [1.82, 2.24) is 5.32 Å². The molecular formula is C26H23NO4. The SMILES string of the molecule is O=C(COc1ccc2ccc(=O)oc2c1)NCCC(c1ccccc1)c1ccccc1. The Labute approximate surface area is 180 Å². The maximum atomic E-state index is 12.3. The Morgan fingerprint density at radius 2 is 1.52 bits per heavy atom.